The normalized spacial score (nSPS) is 17.9. The van der Waals surface area contributed by atoms with Crippen LogP contribution in [0.5, 0.6) is 0 Å². The molecule has 1 atom stereocenters. The molecule has 0 radical (unpaired) electrons. The highest BCUT2D eigenvalue weighted by atomic mass is 32.1. The molecule has 1 aliphatic rings. The van der Waals surface area contributed by atoms with Gasteiger partial charge in [-0.3, -0.25) is 4.79 Å². The monoisotopic (exact) mass is 311 g/mol. The molecule has 3 heterocycles. The van der Waals surface area contributed by atoms with Crippen LogP contribution in [0.25, 0.3) is 10.2 Å². The molecule has 1 N–H and O–H groups in total. The number of thiazole rings is 1. The van der Waals surface area contributed by atoms with Crippen molar-refractivity contribution in [2.75, 3.05) is 0 Å². The molecule has 1 aromatic carbocycles. The lowest BCUT2D eigenvalue weighted by Gasteiger charge is -2.32. The van der Waals surface area contributed by atoms with Crippen LogP contribution in [-0.4, -0.2) is 25.6 Å². The quantitative estimate of drug-likeness (QED) is 0.804. The maximum atomic E-state index is 11.6. The fourth-order valence-corrected chi connectivity index (χ4v) is 3.41. The van der Waals surface area contributed by atoms with Crippen LogP contribution < -0.4 is 5.32 Å². The van der Waals surface area contributed by atoms with E-state index in [0.29, 0.717) is 6.54 Å². The van der Waals surface area contributed by atoms with Crippen molar-refractivity contribution in [1.82, 2.24) is 25.0 Å². The molecule has 2 aromatic heterocycles. The van der Waals surface area contributed by atoms with Crippen LogP contribution in [0.2, 0.25) is 0 Å². The molecule has 0 aliphatic carbocycles. The molecule has 22 heavy (non-hydrogen) atoms. The molecule has 6 nitrogen and oxygen atoms in total. The molecule has 0 fully saturated rings. The van der Waals surface area contributed by atoms with Crippen molar-refractivity contribution < 1.29 is 4.79 Å². The summed E-state index contributed by atoms with van der Waals surface area (Å²) in [6.45, 7) is 0.612. The third kappa shape index (κ3) is 2.35. The molecule has 7 heteroatoms. The number of carbonyl (C=O) groups is 1. The third-order valence-corrected chi connectivity index (χ3v) is 4.46. The van der Waals surface area contributed by atoms with Crippen molar-refractivity contribution in [3.8, 4) is 0 Å². The molecule has 1 unspecified atom stereocenters. The zero-order chi connectivity index (χ0) is 14.9. The fourth-order valence-electron chi connectivity index (χ4n) is 2.43. The van der Waals surface area contributed by atoms with Crippen LogP contribution in [0.4, 0.5) is 0 Å². The second-order valence-corrected chi connectivity index (χ2v) is 6.05. The van der Waals surface area contributed by atoms with Crippen molar-refractivity contribution in [2.45, 2.75) is 12.8 Å². The second kappa shape index (κ2) is 5.27. The van der Waals surface area contributed by atoms with Gasteiger partial charge in [0.2, 0.25) is 12.2 Å². The summed E-state index contributed by atoms with van der Waals surface area (Å²) < 4.78 is 2.88. The number of benzene rings is 1. The van der Waals surface area contributed by atoms with Crippen LogP contribution in [0.3, 0.4) is 0 Å². The van der Waals surface area contributed by atoms with Crippen molar-refractivity contribution >= 4 is 27.5 Å². The highest BCUT2D eigenvalue weighted by Gasteiger charge is 2.24. The maximum absolute atomic E-state index is 11.6. The van der Waals surface area contributed by atoms with E-state index in [9.17, 15) is 4.79 Å². The van der Waals surface area contributed by atoms with Gasteiger partial charge in [0.05, 0.1) is 16.8 Å². The number of para-hydroxylation sites is 1. The SMILES string of the molecule is O=C1C=CN(Cc2nc3ccccc3s2)C(n2cccn2)N1. The Morgan fingerprint density at radius 1 is 1.27 bits per heavy atom. The Balaban J connectivity index is 1.64. The lowest BCUT2D eigenvalue weighted by atomic mass is 10.3. The Kier molecular flexibility index (Phi) is 3.12. The second-order valence-electron chi connectivity index (χ2n) is 4.93. The summed E-state index contributed by atoms with van der Waals surface area (Å²) in [5.41, 5.74) is 1.00. The summed E-state index contributed by atoms with van der Waals surface area (Å²) in [6, 6.07) is 9.90. The Hall–Kier alpha value is -2.67. The highest BCUT2D eigenvalue weighted by molar-refractivity contribution is 7.18. The minimum Gasteiger partial charge on any atom is -0.332 e. The molecule has 3 aromatic rings. The molecule has 110 valence electrons. The van der Waals surface area contributed by atoms with Crippen molar-refractivity contribution in [3.63, 3.8) is 0 Å². The zero-order valence-electron chi connectivity index (χ0n) is 11.6. The van der Waals surface area contributed by atoms with Gasteiger partial charge in [-0.05, 0) is 18.2 Å². The number of fused-ring (bicyclic) bond motifs is 1. The first-order chi connectivity index (χ1) is 10.8. The largest absolute Gasteiger partial charge is 0.332 e. The predicted octanol–water partition coefficient (Wildman–Crippen LogP) is 2.09. The smallest absolute Gasteiger partial charge is 0.248 e. The average molecular weight is 311 g/mol. The number of nitrogens with one attached hydrogen (secondary N) is 1. The number of amides is 1. The van der Waals surface area contributed by atoms with Crippen LogP contribution in [0.1, 0.15) is 11.3 Å². The average Bonchev–Trinajstić information content (AvgIpc) is 3.17. The molecule has 0 saturated heterocycles. The molecule has 1 amide bonds. The van der Waals surface area contributed by atoms with E-state index in [1.165, 1.54) is 6.08 Å². The summed E-state index contributed by atoms with van der Waals surface area (Å²) in [6.07, 6.45) is 6.50. The van der Waals surface area contributed by atoms with Gasteiger partial charge in [0, 0.05) is 24.7 Å². The highest BCUT2D eigenvalue weighted by Crippen LogP contribution is 2.25. The Morgan fingerprint density at radius 2 is 2.18 bits per heavy atom. The topological polar surface area (TPSA) is 63.1 Å². The van der Waals surface area contributed by atoms with Gasteiger partial charge in [-0.25, -0.2) is 9.67 Å². The first-order valence-corrected chi connectivity index (χ1v) is 7.69. The first-order valence-electron chi connectivity index (χ1n) is 6.88. The van der Waals surface area contributed by atoms with Gasteiger partial charge in [-0.2, -0.15) is 5.10 Å². The van der Waals surface area contributed by atoms with E-state index in [4.69, 9.17) is 0 Å². The van der Waals surface area contributed by atoms with E-state index in [1.54, 1.807) is 28.4 Å². The summed E-state index contributed by atoms with van der Waals surface area (Å²) >= 11 is 1.66. The van der Waals surface area contributed by atoms with E-state index in [1.807, 2.05) is 35.4 Å². The molecule has 4 rings (SSSR count). The predicted molar refractivity (Wildman–Crippen MR) is 83.7 cm³/mol. The first kappa shape index (κ1) is 13.0. The number of hydrogen-bond acceptors (Lipinski definition) is 5. The Morgan fingerprint density at radius 3 is 3.00 bits per heavy atom. The Labute approximate surface area is 130 Å². The van der Waals surface area contributed by atoms with Gasteiger partial charge in [0.25, 0.3) is 0 Å². The van der Waals surface area contributed by atoms with Crippen molar-refractivity contribution in [2.24, 2.45) is 0 Å². The number of aromatic nitrogens is 3. The maximum Gasteiger partial charge on any atom is 0.248 e. The molecule has 0 spiro atoms. The minimum absolute atomic E-state index is 0.124. The van der Waals surface area contributed by atoms with E-state index < -0.39 is 0 Å². The molecular weight excluding hydrogens is 298 g/mol. The molecule has 0 bridgehead atoms. The minimum atomic E-state index is -0.334. The van der Waals surface area contributed by atoms with Gasteiger partial charge in [-0.1, -0.05) is 12.1 Å². The summed E-state index contributed by atoms with van der Waals surface area (Å²) in [7, 11) is 0. The van der Waals surface area contributed by atoms with Gasteiger partial charge >= 0.3 is 0 Å². The van der Waals surface area contributed by atoms with Crippen molar-refractivity contribution in [1.29, 1.82) is 0 Å². The van der Waals surface area contributed by atoms with Crippen LogP contribution in [-0.2, 0) is 11.3 Å². The van der Waals surface area contributed by atoms with Gasteiger partial charge in [0.15, 0.2) is 0 Å². The van der Waals surface area contributed by atoms with Crippen LogP contribution in [0, 0.1) is 0 Å². The number of nitrogens with zero attached hydrogens (tertiary/aromatic N) is 4. The van der Waals surface area contributed by atoms with E-state index in [2.05, 4.69) is 21.5 Å². The zero-order valence-corrected chi connectivity index (χ0v) is 12.4. The van der Waals surface area contributed by atoms with Crippen LogP contribution >= 0.6 is 11.3 Å². The number of carbonyl (C=O) groups excluding carboxylic acids is 1. The molecule has 0 saturated carbocycles. The van der Waals surface area contributed by atoms with E-state index >= 15 is 0 Å². The van der Waals surface area contributed by atoms with Gasteiger partial charge in [0.1, 0.15) is 5.01 Å². The number of hydrogen-bond donors (Lipinski definition) is 1. The summed E-state index contributed by atoms with van der Waals surface area (Å²) in [5.74, 6) is -0.124. The molecule has 1 aliphatic heterocycles. The van der Waals surface area contributed by atoms with Gasteiger partial charge in [-0.15, -0.1) is 11.3 Å². The summed E-state index contributed by atoms with van der Waals surface area (Å²) in [5, 5.41) is 8.12. The lowest BCUT2D eigenvalue weighted by molar-refractivity contribution is -0.120. The third-order valence-electron chi connectivity index (χ3n) is 3.43. The van der Waals surface area contributed by atoms with Crippen molar-refractivity contribution in [3.05, 3.63) is 60.0 Å². The van der Waals surface area contributed by atoms with Crippen LogP contribution in [0.15, 0.2) is 55.0 Å². The van der Waals surface area contributed by atoms with E-state index in [0.717, 1.165) is 15.2 Å². The summed E-state index contributed by atoms with van der Waals surface area (Å²) in [4.78, 5) is 18.3. The fraction of sp³-hybridized carbons (Fsp3) is 0.133. The lowest BCUT2D eigenvalue weighted by Crippen LogP contribution is -2.44. The number of rotatable bonds is 3. The van der Waals surface area contributed by atoms with E-state index in [-0.39, 0.29) is 12.2 Å². The standard InChI is InChI=1S/C15H13N5OS/c21-13-6-9-19(15(18-13)20-8-3-7-16-20)10-14-17-11-4-1-2-5-12(11)22-14/h1-9,15H,10H2,(H,18,21). The van der Waals surface area contributed by atoms with Gasteiger partial charge < -0.3 is 10.2 Å². The molecular formula is C15H13N5OS. The Bertz CT molecular complexity index is 806.